The number of rotatable bonds is 12. The molecule has 10 heteroatoms. The minimum absolute atomic E-state index is 0.0449. The van der Waals surface area contributed by atoms with Crippen LogP contribution in [0.1, 0.15) is 73.8 Å². The summed E-state index contributed by atoms with van der Waals surface area (Å²) in [5, 5.41) is 13.6. The topological polar surface area (TPSA) is 118 Å². The second-order valence-corrected chi connectivity index (χ2v) is 11.1. The van der Waals surface area contributed by atoms with Gasteiger partial charge in [-0.2, -0.15) is 5.10 Å². The molecule has 1 heterocycles. The smallest absolute Gasteiger partial charge is 0.377 e. The van der Waals surface area contributed by atoms with Gasteiger partial charge in [-0.05, 0) is 73.4 Å². The fourth-order valence-corrected chi connectivity index (χ4v) is 4.80. The first kappa shape index (κ1) is 34.8. The van der Waals surface area contributed by atoms with Crippen LogP contribution in [0.15, 0.2) is 72.5 Å². The summed E-state index contributed by atoms with van der Waals surface area (Å²) in [5.74, 6) is 0.657. The second-order valence-electron chi connectivity index (χ2n) is 11.1. The lowest BCUT2D eigenvalue weighted by Crippen LogP contribution is -2.12. The third-order valence-corrected chi connectivity index (χ3v) is 7.43. The molecule has 10 nitrogen and oxygen atoms in total. The first-order valence-corrected chi connectivity index (χ1v) is 14.9. The number of carboxylic acid groups (broad SMARTS) is 1. The summed E-state index contributed by atoms with van der Waals surface area (Å²) in [6.45, 7) is 7.96. The Balaban J connectivity index is 0.000000248. The number of hydrogen-bond donors (Lipinski definition) is 1. The molecule has 242 valence electrons. The molecular weight excluding hydrogens is 576 g/mol. The van der Waals surface area contributed by atoms with E-state index < -0.39 is 11.9 Å². The molecule has 0 amide bonds. The molecule has 0 aliphatic heterocycles. The lowest BCUT2D eigenvalue weighted by atomic mass is 9.96. The zero-order chi connectivity index (χ0) is 32.9. The number of carboxylic acids is 1. The van der Waals surface area contributed by atoms with E-state index in [1.807, 2.05) is 56.4 Å². The van der Waals surface area contributed by atoms with E-state index in [-0.39, 0.29) is 17.9 Å². The van der Waals surface area contributed by atoms with Crippen LogP contribution in [0.5, 0.6) is 11.5 Å². The quantitative estimate of drug-likeness (QED) is 0.130. The molecule has 1 aliphatic rings. The summed E-state index contributed by atoms with van der Waals surface area (Å²) in [4.78, 5) is 22.8. The van der Waals surface area contributed by atoms with Gasteiger partial charge in [0.2, 0.25) is 5.76 Å². The van der Waals surface area contributed by atoms with Gasteiger partial charge in [-0.15, -0.1) is 0 Å². The Morgan fingerprint density at radius 2 is 1.62 bits per heavy atom. The molecular formula is C35H44N2O8. The van der Waals surface area contributed by atoms with Crippen LogP contribution in [-0.4, -0.2) is 54.8 Å². The van der Waals surface area contributed by atoms with E-state index in [4.69, 9.17) is 28.8 Å². The van der Waals surface area contributed by atoms with Crippen molar-refractivity contribution in [3.8, 4) is 17.2 Å². The minimum Gasteiger partial charge on any atom is -0.504 e. The molecule has 3 aromatic rings. The van der Waals surface area contributed by atoms with Gasteiger partial charge in [-0.1, -0.05) is 44.9 Å². The number of carbonyl (C=O) groups is 2. The van der Waals surface area contributed by atoms with E-state index in [0.717, 1.165) is 22.5 Å². The van der Waals surface area contributed by atoms with E-state index in [9.17, 15) is 9.59 Å². The second kappa shape index (κ2) is 16.9. The van der Waals surface area contributed by atoms with Crippen LogP contribution in [0.3, 0.4) is 0 Å². The number of methoxy groups -OCH3 is 3. The molecule has 1 fully saturated rings. The van der Waals surface area contributed by atoms with Gasteiger partial charge < -0.3 is 28.8 Å². The number of benzene rings is 2. The highest BCUT2D eigenvalue weighted by molar-refractivity contribution is 5.87. The molecule has 2 aromatic carbocycles. The maximum atomic E-state index is 11.7. The van der Waals surface area contributed by atoms with Crippen molar-refractivity contribution in [2.45, 2.75) is 65.2 Å². The van der Waals surface area contributed by atoms with Crippen LogP contribution in [0, 0.1) is 13.8 Å². The van der Waals surface area contributed by atoms with E-state index >= 15 is 0 Å². The molecule has 0 radical (unpaired) electrons. The number of esters is 1. The Bertz CT molecular complexity index is 1500. The Labute approximate surface area is 265 Å². The Kier molecular flexibility index (Phi) is 13.1. The molecule has 1 saturated carbocycles. The molecule has 4 rings (SSSR count). The van der Waals surface area contributed by atoms with Gasteiger partial charge in [0, 0.05) is 12.3 Å². The minimum atomic E-state index is -1.07. The molecule has 0 spiro atoms. The van der Waals surface area contributed by atoms with Crippen molar-refractivity contribution in [2.24, 2.45) is 0 Å². The van der Waals surface area contributed by atoms with Crippen molar-refractivity contribution in [3.05, 3.63) is 94.9 Å². The molecule has 0 saturated heterocycles. The summed E-state index contributed by atoms with van der Waals surface area (Å²) in [6, 6.07) is 13.9. The predicted octanol–water partition coefficient (Wildman–Crippen LogP) is 6.99. The average Bonchev–Trinajstić information content (AvgIpc) is 3.74. The molecule has 0 bridgehead atoms. The van der Waals surface area contributed by atoms with E-state index in [0.29, 0.717) is 23.3 Å². The van der Waals surface area contributed by atoms with Crippen LogP contribution in [0.4, 0.5) is 0 Å². The highest BCUT2D eigenvalue weighted by Crippen LogP contribution is 2.36. The van der Waals surface area contributed by atoms with Gasteiger partial charge in [0.05, 0.1) is 39.0 Å². The predicted molar refractivity (Wildman–Crippen MR) is 171 cm³/mol. The van der Waals surface area contributed by atoms with Crippen LogP contribution < -0.4 is 9.47 Å². The standard InChI is InChI=1S/C18H22N2O4.C17H22O4/c1-12(2)16-7-8-20(19-16)15-6-5-13(3)17(9-15)24-11-14(10-23-4)18(21)22;1-12-8-9-14(13-6-4-5-7-13)10-15(12)21-16(11-19-2)17(18)20-3/h5-10,12H,11H2,1-4H3,(H,21,22);8-11,13H,4-7H2,1-3H3/b14-10-;16-11-. The Hall–Kier alpha value is -4.73. The van der Waals surface area contributed by atoms with Crippen molar-refractivity contribution in [3.63, 3.8) is 0 Å². The SMILES string of the molecule is CO/C=C(/COc1cc(-n2ccc(C(C)C)n2)ccc1C)C(=O)O.CO/C=C(\Oc1cc(C2CCCC2)ccc1C)C(=O)OC. The van der Waals surface area contributed by atoms with Gasteiger partial charge in [0.15, 0.2) is 0 Å². The molecule has 1 aromatic heterocycles. The number of aryl methyl sites for hydroxylation is 2. The van der Waals surface area contributed by atoms with Gasteiger partial charge >= 0.3 is 11.9 Å². The number of nitrogens with zero attached hydrogens (tertiary/aromatic N) is 2. The first-order chi connectivity index (χ1) is 21.6. The van der Waals surface area contributed by atoms with Crippen molar-refractivity contribution in [1.82, 2.24) is 9.78 Å². The summed E-state index contributed by atoms with van der Waals surface area (Å²) in [6.07, 6.45) is 9.34. The summed E-state index contributed by atoms with van der Waals surface area (Å²) >= 11 is 0. The van der Waals surface area contributed by atoms with Crippen LogP contribution in [-0.2, 0) is 23.8 Å². The van der Waals surface area contributed by atoms with Gasteiger partial charge in [-0.25, -0.2) is 14.3 Å². The van der Waals surface area contributed by atoms with Gasteiger partial charge in [0.1, 0.15) is 29.9 Å². The number of carbonyl (C=O) groups excluding carboxylic acids is 1. The fourth-order valence-electron chi connectivity index (χ4n) is 4.80. The fraction of sp³-hybridized carbons (Fsp3) is 0.400. The number of ether oxygens (including phenoxy) is 5. The molecule has 1 aliphatic carbocycles. The van der Waals surface area contributed by atoms with Crippen molar-refractivity contribution in [1.29, 1.82) is 0 Å². The van der Waals surface area contributed by atoms with Gasteiger partial charge in [0.25, 0.3) is 0 Å². The lowest BCUT2D eigenvalue weighted by molar-refractivity contribution is -0.138. The number of aromatic nitrogens is 2. The zero-order valence-corrected chi connectivity index (χ0v) is 27.2. The molecule has 0 atom stereocenters. The summed E-state index contributed by atoms with van der Waals surface area (Å²) < 4.78 is 27.5. The zero-order valence-electron chi connectivity index (χ0n) is 27.2. The van der Waals surface area contributed by atoms with E-state index in [1.54, 1.807) is 4.68 Å². The largest absolute Gasteiger partial charge is 0.504 e. The van der Waals surface area contributed by atoms with Crippen molar-refractivity contribution >= 4 is 11.9 Å². The Morgan fingerprint density at radius 1 is 0.956 bits per heavy atom. The third-order valence-electron chi connectivity index (χ3n) is 7.43. The molecule has 0 unspecified atom stereocenters. The normalized spacial score (nSPS) is 13.6. The highest BCUT2D eigenvalue weighted by atomic mass is 16.6. The van der Waals surface area contributed by atoms with Crippen molar-refractivity contribution in [2.75, 3.05) is 27.9 Å². The van der Waals surface area contributed by atoms with E-state index in [2.05, 4.69) is 25.0 Å². The van der Waals surface area contributed by atoms with E-state index in [1.165, 1.54) is 65.1 Å². The number of hydrogen-bond acceptors (Lipinski definition) is 8. The summed E-state index contributed by atoms with van der Waals surface area (Å²) in [5.41, 5.74) is 5.07. The van der Waals surface area contributed by atoms with Gasteiger partial charge in [-0.3, -0.25) is 0 Å². The molecule has 1 N–H and O–H groups in total. The summed E-state index contributed by atoms with van der Waals surface area (Å²) in [7, 11) is 4.18. The van der Waals surface area contributed by atoms with Crippen LogP contribution in [0.25, 0.3) is 5.69 Å². The maximum absolute atomic E-state index is 11.7. The molecule has 45 heavy (non-hydrogen) atoms. The average molecular weight is 621 g/mol. The highest BCUT2D eigenvalue weighted by Gasteiger charge is 2.20. The first-order valence-electron chi connectivity index (χ1n) is 14.9. The third kappa shape index (κ3) is 9.89. The van der Waals surface area contributed by atoms with Crippen LogP contribution in [0.2, 0.25) is 0 Å². The maximum Gasteiger partial charge on any atom is 0.377 e. The number of aliphatic carboxylic acids is 1. The van der Waals surface area contributed by atoms with Crippen LogP contribution >= 0.6 is 0 Å². The Morgan fingerprint density at radius 3 is 2.22 bits per heavy atom. The van der Waals surface area contributed by atoms with Crippen molar-refractivity contribution < 1.29 is 38.4 Å². The lowest BCUT2D eigenvalue weighted by Gasteiger charge is -2.15. The monoisotopic (exact) mass is 620 g/mol.